The van der Waals surface area contributed by atoms with Gasteiger partial charge in [-0.05, 0) is 43.9 Å². The van der Waals surface area contributed by atoms with Crippen molar-refractivity contribution in [1.82, 2.24) is 10.2 Å². The molecule has 1 heterocycles. The van der Waals surface area contributed by atoms with Crippen molar-refractivity contribution in [3.8, 4) is 5.75 Å². The molecule has 1 N–H and O–H groups in total. The average Bonchev–Trinajstić information content (AvgIpc) is 2.97. The van der Waals surface area contributed by atoms with E-state index in [1.54, 1.807) is 18.7 Å². The van der Waals surface area contributed by atoms with E-state index in [-0.39, 0.29) is 5.91 Å². The van der Waals surface area contributed by atoms with Crippen LogP contribution in [0.5, 0.6) is 5.75 Å². The van der Waals surface area contributed by atoms with Crippen LogP contribution in [-0.4, -0.2) is 28.0 Å². The van der Waals surface area contributed by atoms with Crippen LogP contribution in [0.2, 0.25) is 0 Å². The van der Waals surface area contributed by atoms with Gasteiger partial charge in [-0.3, -0.25) is 10.1 Å². The molecule has 0 fully saturated rings. The Morgan fingerprint density at radius 3 is 2.75 bits per heavy atom. The Balaban J connectivity index is 1.93. The van der Waals surface area contributed by atoms with E-state index >= 15 is 0 Å². The number of anilines is 1. The third-order valence-corrected chi connectivity index (χ3v) is 5.80. The van der Waals surface area contributed by atoms with Gasteiger partial charge in [0.05, 0.1) is 0 Å². The molecule has 1 aromatic carbocycles. The number of benzene rings is 1. The van der Waals surface area contributed by atoms with Crippen LogP contribution >= 0.6 is 23.1 Å². The summed E-state index contributed by atoms with van der Waals surface area (Å²) >= 11 is 3.04. The lowest BCUT2D eigenvalue weighted by molar-refractivity contribution is -0.122. The van der Waals surface area contributed by atoms with Gasteiger partial charge in [0.2, 0.25) is 5.13 Å². The highest BCUT2D eigenvalue weighted by molar-refractivity contribution is 8.01. The van der Waals surface area contributed by atoms with Gasteiger partial charge in [0, 0.05) is 5.75 Å². The number of aromatic nitrogens is 2. The van der Waals surface area contributed by atoms with Gasteiger partial charge in [-0.2, -0.15) is 0 Å². The predicted molar refractivity (Wildman–Crippen MR) is 100 cm³/mol. The number of rotatable bonds is 7. The second-order valence-electron chi connectivity index (χ2n) is 6.03. The second-order valence-corrected chi connectivity index (χ2v) is 8.27. The number of nitrogens with one attached hydrogen (secondary N) is 1. The van der Waals surface area contributed by atoms with Gasteiger partial charge in [-0.25, -0.2) is 0 Å². The molecule has 1 atom stereocenters. The maximum atomic E-state index is 12.3. The number of amides is 1. The number of carbonyl (C=O) groups is 1. The lowest BCUT2D eigenvalue weighted by Gasteiger charge is -2.16. The molecule has 0 aliphatic heterocycles. The molecule has 0 unspecified atom stereocenters. The van der Waals surface area contributed by atoms with Gasteiger partial charge in [0.15, 0.2) is 10.4 Å². The number of carbonyl (C=O) groups excluding carboxylic acids is 1. The molecule has 1 aromatic heterocycles. The van der Waals surface area contributed by atoms with E-state index in [0.29, 0.717) is 11.0 Å². The van der Waals surface area contributed by atoms with Crippen LogP contribution in [0.1, 0.15) is 31.9 Å². The first kappa shape index (κ1) is 18.7. The number of aryl methyl sites for hydroxylation is 1. The molecule has 0 bridgehead atoms. The molecular formula is C17H23N3O2S2. The first-order valence-corrected chi connectivity index (χ1v) is 9.67. The fourth-order valence-corrected chi connectivity index (χ4v) is 3.59. The van der Waals surface area contributed by atoms with Crippen LogP contribution in [0.15, 0.2) is 22.5 Å². The summed E-state index contributed by atoms with van der Waals surface area (Å²) in [5.41, 5.74) is 2.18. The zero-order valence-electron chi connectivity index (χ0n) is 14.6. The molecule has 0 aliphatic carbocycles. The highest BCUT2D eigenvalue weighted by Crippen LogP contribution is 2.27. The Labute approximate surface area is 151 Å². The Kier molecular flexibility index (Phi) is 6.62. The van der Waals surface area contributed by atoms with E-state index in [4.69, 9.17) is 4.74 Å². The van der Waals surface area contributed by atoms with Crippen molar-refractivity contribution in [2.24, 2.45) is 5.92 Å². The van der Waals surface area contributed by atoms with Gasteiger partial charge >= 0.3 is 0 Å². The van der Waals surface area contributed by atoms with Crippen LogP contribution in [0, 0.1) is 19.8 Å². The normalized spacial score (nSPS) is 12.2. The Bertz CT molecular complexity index is 701. The maximum absolute atomic E-state index is 12.3. The highest BCUT2D eigenvalue weighted by atomic mass is 32.2. The fourth-order valence-electron chi connectivity index (χ4n) is 1.86. The minimum atomic E-state index is -0.610. The topological polar surface area (TPSA) is 64.1 Å². The van der Waals surface area contributed by atoms with Crippen molar-refractivity contribution >= 4 is 34.1 Å². The van der Waals surface area contributed by atoms with Crippen molar-refractivity contribution in [2.45, 2.75) is 45.1 Å². The molecule has 0 saturated heterocycles. The van der Waals surface area contributed by atoms with E-state index in [2.05, 4.69) is 29.4 Å². The van der Waals surface area contributed by atoms with Crippen LogP contribution in [0.25, 0.3) is 0 Å². The summed E-state index contributed by atoms with van der Waals surface area (Å²) in [6.45, 7) is 10.0. The Morgan fingerprint density at radius 1 is 1.29 bits per heavy atom. The standard InChI is InChI=1S/C17H23N3O2S2/c1-10(2)9-23-17-20-19-16(24-17)18-15(21)13(5)22-14-8-6-7-11(3)12(14)4/h6-8,10,13H,9H2,1-5H3,(H,18,19,21)/t13-/m0/s1. The molecule has 5 nitrogen and oxygen atoms in total. The van der Waals surface area contributed by atoms with Crippen LogP contribution < -0.4 is 10.1 Å². The summed E-state index contributed by atoms with van der Waals surface area (Å²) in [6, 6.07) is 5.81. The third-order valence-electron chi connectivity index (χ3n) is 3.40. The van der Waals surface area contributed by atoms with Crippen molar-refractivity contribution in [2.75, 3.05) is 11.1 Å². The Hall–Kier alpha value is -1.60. The van der Waals surface area contributed by atoms with Crippen LogP contribution in [-0.2, 0) is 4.79 Å². The smallest absolute Gasteiger partial charge is 0.266 e. The van der Waals surface area contributed by atoms with E-state index in [9.17, 15) is 4.79 Å². The zero-order valence-corrected chi connectivity index (χ0v) is 16.3. The van der Waals surface area contributed by atoms with E-state index in [0.717, 1.165) is 27.0 Å². The molecular weight excluding hydrogens is 342 g/mol. The fraction of sp³-hybridized carbons (Fsp3) is 0.471. The molecule has 0 aliphatic rings. The minimum absolute atomic E-state index is 0.229. The minimum Gasteiger partial charge on any atom is -0.481 e. The number of hydrogen-bond donors (Lipinski definition) is 1. The van der Waals surface area contributed by atoms with Gasteiger partial charge in [-0.1, -0.05) is 49.1 Å². The quantitative estimate of drug-likeness (QED) is 0.585. The first-order valence-electron chi connectivity index (χ1n) is 7.87. The van der Waals surface area contributed by atoms with Gasteiger partial charge in [0.25, 0.3) is 5.91 Å². The van der Waals surface area contributed by atoms with Gasteiger partial charge in [-0.15, -0.1) is 10.2 Å². The monoisotopic (exact) mass is 365 g/mol. The van der Waals surface area contributed by atoms with E-state index in [1.807, 2.05) is 32.0 Å². The predicted octanol–water partition coefficient (Wildman–Crippen LogP) is 4.31. The summed E-state index contributed by atoms with van der Waals surface area (Å²) in [5, 5.41) is 11.4. The lowest BCUT2D eigenvalue weighted by Crippen LogP contribution is -2.30. The van der Waals surface area contributed by atoms with Crippen molar-refractivity contribution in [3.05, 3.63) is 29.3 Å². The largest absolute Gasteiger partial charge is 0.481 e. The van der Waals surface area contributed by atoms with Crippen molar-refractivity contribution < 1.29 is 9.53 Å². The summed E-state index contributed by atoms with van der Waals surface area (Å²) < 4.78 is 6.65. The number of ether oxygens (including phenoxy) is 1. The molecule has 0 spiro atoms. The average molecular weight is 366 g/mol. The number of nitrogens with zero attached hydrogens (tertiary/aromatic N) is 2. The van der Waals surface area contributed by atoms with Gasteiger partial charge < -0.3 is 4.74 Å². The molecule has 1 amide bonds. The zero-order chi connectivity index (χ0) is 17.7. The molecule has 130 valence electrons. The molecule has 24 heavy (non-hydrogen) atoms. The lowest BCUT2D eigenvalue weighted by atomic mass is 10.1. The molecule has 0 saturated carbocycles. The highest BCUT2D eigenvalue weighted by Gasteiger charge is 2.18. The Morgan fingerprint density at radius 2 is 2.04 bits per heavy atom. The molecule has 2 aromatic rings. The number of hydrogen-bond acceptors (Lipinski definition) is 6. The third kappa shape index (κ3) is 5.21. The number of thioether (sulfide) groups is 1. The first-order chi connectivity index (χ1) is 11.4. The SMILES string of the molecule is Cc1cccc(O[C@@H](C)C(=O)Nc2nnc(SCC(C)C)s2)c1C. The summed E-state index contributed by atoms with van der Waals surface area (Å²) in [4.78, 5) is 12.3. The van der Waals surface area contributed by atoms with E-state index in [1.165, 1.54) is 11.3 Å². The van der Waals surface area contributed by atoms with Gasteiger partial charge in [0.1, 0.15) is 5.75 Å². The summed E-state index contributed by atoms with van der Waals surface area (Å²) in [5.74, 6) is 2.06. The van der Waals surface area contributed by atoms with Crippen molar-refractivity contribution in [1.29, 1.82) is 0 Å². The maximum Gasteiger partial charge on any atom is 0.266 e. The molecule has 0 radical (unpaired) electrons. The summed E-state index contributed by atoms with van der Waals surface area (Å²) in [6.07, 6.45) is -0.610. The molecule has 7 heteroatoms. The summed E-state index contributed by atoms with van der Waals surface area (Å²) in [7, 11) is 0. The van der Waals surface area contributed by atoms with Crippen LogP contribution in [0.3, 0.4) is 0 Å². The molecule has 2 rings (SSSR count). The van der Waals surface area contributed by atoms with E-state index < -0.39 is 6.10 Å². The van der Waals surface area contributed by atoms with Crippen molar-refractivity contribution in [3.63, 3.8) is 0 Å². The second kappa shape index (κ2) is 8.48. The van der Waals surface area contributed by atoms with Crippen LogP contribution in [0.4, 0.5) is 5.13 Å².